The molecular weight excluding hydrogens is 294 g/mol. The molecule has 2 aromatic rings. The molecule has 2 atom stereocenters. The van der Waals surface area contributed by atoms with E-state index in [1.165, 1.54) is 6.42 Å². The fourth-order valence-electron chi connectivity index (χ4n) is 4.84. The van der Waals surface area contributed by atoms with Gasteiger partial charge in [0.25, 0.3) is 5.91 Å². The number of carbonyl (C=O) groups excluding carboxylic acids is 1. The van der Waals surface area contributed by atoms with Crippen molar-refractivity contribution in [1.29, 1.82) is 0 Å². The van der Waals surface area contributed by atoms with Crippen LogP contribution in [0.25, 0.3) is 4.96 Å². The average Bonchev–Trinajstić information content (AvgIpc) is 3.02. The largest absolute Gasteiger partial charge is 0.334 e. The van der Waals surface area contributed by atoms with Gasteiger partial charge in [-0.25, -0.2) is 4.98 Å². The van der Waals surface area contributed by atoms with Crippen LogP contribution in [0.3, 0.4) is 0 Å². The van der Waals surface area contributed by atoms with Crippen LogP contribution in [0.1, 0.15) is 56.2 Å². The van der Waals surface area contributed by atoms with Gasteiger partial charge in [0, 0.05) is 29.9 Å². The maximum atomic E-state index is 13.0. The lowest BCUT2D eigenvalue weighted by atomic mass is 9.65. The minimum atomic E-state index is 0.113. The van der Waals surface area contributed by atoms with Crippen molar-refractivity contribution in [2.75, 3.05) is 6.54 Å². The van der Waals surface area contributed by atoms with E-state index in [4.69, 9.17) is 0 Å². The van der Waals surface area contributed by atoms with Crippen molar-refractivity contribution in [3.63, 3.8) is 0 Å². The van der Waals surface area contributed by atoms with Crippen molar-refractivity contribution in [2.45, 2.75) is 53.0 Å². The first-order chi connectivity index (χ1) is 10.3. The van der Waals surface area contributed by atoms with Crippen molar-refractivity contribution in [2.24, 2.45) is 10.8 Å². The van der Waals surface area contributed by atoms with E-state index in [-0.39, 0.29) is 11.3 Å². The van der Waals surface area contributed by atoms with Gasteiger partial charge in [0.05, 0.1) is 0 Å². The Kier molecular flexibility index (Phi) is 2.81. The summed E-state index contributed by atoms with van der Waals surface area (Å²) in [5, 5.41) is 2.07. The van der Waals surface area contributed by atoms with E-state index in [1.807, 2.05) is 17.5 Å². The van der Waals surface area contributed by atoms with Gasteiger partial charge >= 0.3 is 0 Å². The zero-order valence-electron chi connectivity index (χ0n) is 13.7. The Balaban J connectivity index is 1.66. The molecule has 5 heteroatoms. The third kappa shape index (κ3) is 2.09. The highest BCUT2D eigenvalue weighted by Crippen LogP contribution is 2.52. The molecule has 1 saturated heterocycles. The number of hydrogen-bond acceptors (Lipinski definition) is 3. The van der Waals surface area contributed by atoms with Crippen molar-refractivity contribution < 1.29 is 4.79 Å². The summed E-state index contributed by atoms with van der Waals surface area (Å²) in [7, 11) is 0. The molecule has 2 bridgehead atoms. The topological polar surface area (TPSA) is 37.6 Å². The van der Waals surface area contributed by atoms with Gasteiger partial charge in [-0.3, -0.25) is 9.20 Å². The molecule has 118 valence electrons. The van der Waals surface area contributed by atoms with Crippen LogP contribution in [0.2, 0.25) is 0 Å². The molecule has 2 fully saturated rings. The van der Waals surface area contributed by atoms with E-state index >= 15 is 0 Å². The first-order valence-electron chi connectivity index (χ1n) is 8.01. The Labute approximate surface area is 135 Å². The highest BCUT2D eigenvalue weighted by Gasteiger charge is 2.51. The summed E-state index contributed by atoms with van der Waals surface area (Å²) in [4.78, 5) is 20.5. The number of aryl methyl sites for hydroxylation is 1. The van der Waals surface area contributed by atoms with Crippen molar-refractivity contribution in [1.82, 2.24) is 14.3 Å². The van der Waals surface area contributed by atoms with Crippen molar-refractivity contribution in [3.8, 4) is 0 Å². The zero-order chi connectivity index (χ0) is 15.7. The first kappa shape index (κ1) is 14.2. The van der Waals surface area contributed by atoms with Gasteiger partial charge in [-0.1, -0.05) is 20.8 Å². The van der Waals surface area contributed by atoms with Crippen molar-refractivity contribution >= 4 is 22.2 Å². The van der Waals surface area contributed by atoms with Gasteiger partial charge in [-0.15, -0.1) is 11.3 Å². The molecule has 3 heterocycles. The van der Waals surface area contributed by atoms with E-state index in [2.05, 4.69) is 36.0 Å². The molecule has 4 rings (SSSR count). The number of fused-ring (bicyclic) bond motifs is 3. The Morgan fingerprint density at radius 3 is 2.86 bits per heavy atom. The zero-order valence-corrected chi connectivity index (χ0v) is 14.5. The highest BCUT2D eigenvalue weighted by atomic mass is 32.1. The molecular formula is C17H23N3OS. The fourth-order valence-corrected chi connectivity index (χ4v) is 5.69. The summed E-state index contributed by atoms with van der Waals surface area (Å²) >= 11 is 1.59. The molecule has 2 unspecified atom stereocenters. The number of likely N-dealkylation sites (tertiary alicyclic amines) is 1. The maximum Gasteiger partial charge on any atom is 0.274 e. The molecule has 22 heavy (non-hydrogen) atoms. The van der Waals surface area contributed by atoms with Crippen LogP contribution in [0, 0.1) is 17.8 Å². The normalized spacial score (nSPS) is 30.2. The number of rotatable bonds is 1. The Morgan fingerprint density at radius 1 is 1.36 bits per heavy atom. The number of amides is 1. The van der Waals surface area contributed by atoms with Crippen LogP contribution < -0.4 is 0 Å². The number of carbonyl (C=O) groups is 1. The van der Waals surface area contributed by atoms with Gasteiger partial charge in [-0.2, -0.15) is 0 Å². The molecule has 2 aromatic heterocycles. The number of imidazole rings is 1. The smallest absolute Gasteiger partial charge is 0.274 e. The van der Waals surface area contributed by atoms with Crippen molar-refractivity contribution in [3.05, 3.63) is 23.0 Å². The molecule has 1 aliphatic carbocycles. The quantitative estimate of drug-likeness (QED) is 0.803. The van der Waals surface area contributed by atoms with E-state index in [0.29, 0.717) is 17.2 Å². The van der Waals surface area contributed by atoms with Crippen LogP contribution in [0.4, 0.5) is 0 Å². The number of hydrogen-bond donors (Lipinski definition) is 0. The summed E-state index contributed by atoms with van der Waals surface area (Å²) in [6.07, 6.45) is 5.36. The summed E-state index contributed by atoms with van der Waals surface area (Å²) in [6, 6.07) is 0.377. The van der Waals surface area contributed by atoms with Gasteiger partial charge in [-0.05, 0) is 37.0 Å². The predicted octanol–water partition coefficient (Wildman–Crippen LogP) is 3.75. The lowest BCUT2D eigenvalue weighted by Gasteiger charge is -2.39. The molecule has 0 spiro atoms. The third-order valence-electron chi connectivity index (χ3n) is 5.28. The predicted molar refractivity (Wildman–Crippen MR) is 88.4 cm³/mol. The lowest BCUT2D eigenvalue weighted by molar-refractivity contribution is 0.0703. The summed E-state index contributed by atoms with van der Waals surface area (Å²) < 4.78 is 2.02. The fraction of sp³-hybridized carbons (Fsp3) is 0.647. The van der Waals surface area contributed by atoms with Crippen LogP contribution in [-0.2, 0) is 0 Å². The van der Waals surface area contributed by atoms with Gasteiger partial charge in [0.2, 0.25) is 0 Å². The van der Waals surface area contributed by atoms with Gasteiger partial charge < -0.3 is 4.90 Å². The summed E-state index contributed by atoms with van der Waals surface area (Å²) in [5.41, 5.74) is 2.34. The Morgan fingerprint density at radius 2 is 2.14 bits per heavy atom. The standard InChI is InChI=1S/C17H23N3OS/c1-11-8-22-15-18-13(7-19(11)15)14(21)20-10-17(4)6-12(20)5-16(2,3)9-17/h7-8,12H,5-6,9-10H2,1-4H3. The second-order valence-electron chi connectivity index (χ2n) is 8.30. The van der Waals surface area contributed by atoms with Gasteiger partial charge in [0.1, 0.15) is 5.69 Å². The molecule has 4 nitrogen and oxygen atoms in total. The van der Waals surface area contributed by atoms with E-state index < -0.39 is 0 Å². The second-order valence-corrected chi connectivity index (χ2v) is 9.14. The van der Waals surface area contributed by atoms with E-state index in [9.17, 15) is 4.79 Å². The van der Waals surface area contributed by atoms with Crippen LogP contribution >= 0.6 is 11.3 Å². The van der Waals surface area contributed by atoms with E-state index in [1.54, 1.807) is 11.3 Å². The molecule has 1 aliphatic heterocycles. The summed E-state index contributed by atoms with van der Waals surface area (Å²) in [6.45, 7) is 9.93. The number of thiazole rings is 1. The Hall–Kier alpha value is -1.36. The van der Waals surface area contributed by atoms with Crippen LogP contribution in [-0.4, -0.2) is 32.8 Å². The van der Waals surface area contributed by atoms with Crippen LogP contribution in [0.15, 0.2) is 11.6 Å². The maximum absolute atomic E-state index is 13.0. The molecule has 2 aliphatic rings. The SMILES string of the molecule is Cc1csc2nc(C(=O)N3CC4(C)CC3CC(C)(C)C4)cn12. The number of nitrogens with zero attached hydrogens (tertiary/aromatic N) is 3. The second kappa shape index (κ2) is 4.34. The minimum Gasteiger partial charge on any atom is -0.334 e. The third-order valence-corrected chi connectivity index (χ3v) is 6.24. The lowest BCUT2D eigenvalue weighted by Crippen LogP contribution is -2.37. The molecule has 0 radical (unpaired) electrons. The first-order valence-corrected chi connectivity index (χ1v) is 8.89. The minimum absolute atomic E-state index is 0.113. The molecule has 1 amide bonds. The van der Waals surface area contributed by atoms with Gasteiger partial charge in [0.15, 0.2) is 4.96 Å². The Bertz CT molecular complexity index is 759. The van der Waals surface area contributed by atoms with E-state index in [0.717, 1.165) is 30.0 Å². The average molecular weight is 317 g/mol. The molecule has 0 aromatic carbocycles. The summed E-state index contributed by atoms with van der Waals surface area (Å²) in [5.74, 6) is 0.113. The molecule has 0 N–H and O–H groups in total. The molecule has 1 saturated carbocycles. The monoisotopic (exact) mass is 317 g/mol. The number of aromatic nitrogens is 2. The van der Waals surface area contributed by atoms with Crippen LogP contribution in [0.5, 0.6) is 0 Å². The highest BCUT2D eigenvalue weighted by molar-refractivity contribution is 7.15.